The highest BCUT2D eigenvalue weighted by Crippen LogP contribution is 2.06. The summed E-state index contributed by atoms with van der Waals surface area (Å²) in [5.74, 6) is 0.0830. The van der Waals surface area contributed by atoms with Crippen LogP contribution in [0.1, 0.15) is 12.8 Å². The molecule has 0 aliphatic rings. The molecule has 0 saturated carbocycles. The second kappa shape index (κ2) is 5.66. The molecule has 0 spiro atoms. The molecule has 1 rings (SSSR count). The van der Waals surface area contributed by atoms with Crippen LogP contribution >= 0.6 is 0 Å². The molecule has 0 aromatic heterocycles. The van der Waals surface area contributed by atoms with E-state index in [0.29, 0.717) is 6.42 Å². The lowest BCUT2D eigenvalue weighted by Crippen LogP contribution is -2.35. The van der Waals surface area contributed by atoms with E-state index in [1.54, 1.807) is 12.1 Å². The third-order valence-electron chi connectivity index (χ3n) is 2.23. The van der Waals surface area contributed by atoms with E-state index in [9.17, 15) is 4.79 Å². The van der Waals surface area contributed by atoms with E-state index in [1.807, 2.05) is 12.1 Å². The SMILES string of the molecule is C[N+](C)(C)CCCC(=O)Nc1cc[c]cc1. The predicted molar refractivity (Wildman–Crippen MR) is 66.0 cm³/mol. The fraction of sp³-hybridized carbons (Fsp3) is 0.462. The number of rotatable bonds is 5. The Kier molecular flexibility index (Phi) is 4.50. The molecule has 0 aliphatic heterocycles. The summed E-state index contributed by atoms with van der Waals surface area (Å²) in [6.07, 6.45) is 1.49. The molecule has 3 nitrogen and oxygen atoms in total. The van der Waals surface area contributed by atoms with Gasteiger partial charge in [-0.05, 0) is 18.2 Å². The van der Waals surface area contributed by atoms with E-state index in [2.05, 4.69) is 32.5 Å². The number of carbonyl (C=O) groups is 1. The molecule has 0 bridgehead atoms. The molecular formula is C13H20N2O+. The predicted octanol–water partition coefficient (Wildman–Crippen LogP) is 1.91. The molecule has 87 valence electrons. The molecule has 0 saturated heterocycles. The number of hydrogen-bond donors (Lipinski definition) is 1. The molecule has 0 fully saturated rings. The quantitative estimate of drug-likeness (QED) is 0.755. The summed E-state index contributed by atoms with van der Waals surface area (Å²) < 4.78 is 0.896. The van der Waals surface area contributed by atoms with Crippen LogP contribution in [0.25, 0.3) is 0 Å². The van der Waals surface area contributed by atoms with E-state index in [4.69, 9.17) is 0 Å². The molecule has 1 aromatic rings. The van der Waals surface area contributed by atoms with Gasteiger partial charge in [-0.1, -0.05) is 12.1 Å². The fourth-order valence-corrected chi connectivity index (χ4v) is 1.41. The average Bonchev–Trinajstić information content (AvgIpc) is 2.17. The highest BCUT2D eigenvalue weighted by atomic mass is 16.1. The zero-order valence-electron chi connectivity index (χ0n) is 10.3. The lowest BCUT2D eigenvalue weighted by atomic mass is 10.2. The fourth-order valence-electron chi connectivity index (χ4n) is 1.41. The molecule has 1 N–H and O–H groups in total. The van der Waals surface area contributed by atoms with Crippen LogP contribution in [-0.4, -0.2) is 38.1 Å². The summed E-state index contributed by atoms with van der Waals surface area (Å²) in [5, 5.41) is 2.86. The minimum absolute atomic E-state index is 0.0830. The second-order valence-electron chi connectivity index (χ2n) is 4.95. The summed E-state index contributed by atoms with van der Waals surface area (Å²) in [7, 11) is 6.39. The van der Waals surface area contributed by atoms with Crippen molar-refractivity contribution in [2.75, 3.05) is 33.0 Å². The molecule has 0 aliphatic carbocycles. The van der Waals surface area contributed by atoms with E-state index >= 15 is 0 Å². The largest absolute Gasteiger partial charge is 0.331 e. The van der Waals surface area contributed by atoms with Crippen LogP contribution in [0.5, 0.6) is 0 Å². The van der Waals surface area contributed by atoms with Crippen molar-refractivity contribution >= 4 is 11.6 Å². The normalized spacial score (nSPS) is 11.2. The average molecular weight is 220 g/mol. The molecule has 0 heterocycles. The van der Waals surface area contributed by atoms with Gasteiger partial charge in [-0.25, -0.2) is 0 Å². The number of benzene rings is 1. The van der Waals surface area contributed by atoms with Gasteiger partial charge in [0.1, 0.15) is 0 Å². The van der Waals surface area contributed by atoms with Crippen molar-refractivity contribution in [1.29, 1.82) is 0 Å². The first kappa shape index (κ1) is 12.7. The van der Waals surface area contributed by atoms with E-state index in [1.165, 1.54) is 0 Å². The molecule has 1 radical (unpaired) electrons. The number of nitrogens with one attached hydrogen (secondary N) is 1. The monoisotopic (exact) mass is 220 g/mol. The minimum atomic E-state index is 0.0830. The topological polar surface area (TPSA) is 29.1 Å². The van der Waals surface area contributed by atoms with Gasteiger partial charge >= 0.3 is 0 Å². The van der Waals surface area contributed by atoms with Crippen molar-refractivity contribution < 1.29 is 9.28 Å². The third kappa shape index (κ3) is 5.51. The van der Waals surface area contributed by atoms with Gasteiger partial charge in [-0.15, -0.1) is 0 Å². The highest BCUT2D eigenvalue weighted by molar-refractivity contribution is 5.90. The molecule has 1 amide bonds. The molecule has 0 unspecified atom stereocenters. The number of nitrogens with zero attached hydrogens (tertiary/aromatic N) is 1. The summed E-state index contributed by atoms with van der Waals surface area (Å²) in [4.78, 5) is 11.6. The maximum atomic E-state index is 11.6. The molecule has 16 heavy (non-hydrogen) atoms. The molecule has 1 aromatic carbocycles. The van der Waals surface area contributed by atoms with Crippen LogP contribution in [0, 0.1) is 6.07 Å². The van der Waals surface area contributed by atoms with Crippen LogP contribution in [0.15, 0.2) is 24.3 Å². The van der Waals surface area contributed by atoms with Crippen molar-refractivity contribution in [2.24, 2.45) is 0 Å². The van der Waals surface area contributed by atoms with Gasteiger partial charge in [-0.3, -0.25) is 4.79 Å². The standard InChI is InChI=1S/C13H19N2O/c1-15(2,3)11-7-10-13(16)14-12-8-5-4-6-9-12/h5-6,8-9H,7,10-11H2,1-3H3/p+1. The van der Waals surface area contributed by atoms with Gasteiger partial charge in [0.25, 0.3) is 0 Å². The van der Waals surface area contributed by atoms with Crippen molar-refractivity contribution in [3.05, 3.63) is 30.3 Å². The highest BCUT2D eigenvalue weighted by Gasteiger charge is 2.08. The van der Waals surface area contributed by atoms with E-state index < -0.39 is 0 Å². The van der Waals surface area contributed by atoms with Gasteiger partial charge in [0.2, 0.25) is 5.91 Å². The lowest BCUT2D eigenvalue weighted by molar-refractivity contribution is -0.870. The van der Waals surface area contributed by atoms with Gasteiger partial charge in [0.05, 0.1) is 27.7 Å². The number of hydrogen-bond acceptors (Lipinski definition) is 1. The van der Waals surface area contributed by atoms with Crippen LogP contribution in [0.2, 0.25) is 0 Å². The van der Waals surface area contributed by atoms with Crippen LogP contribution in [0.4, 0.5) is 5.69 Å². The second-order valence-corrected chi connectivity index (χ2v) is 4.95. The van der Waals surface area contributed by atoms with Crippen LogP contribution in [0.3, 0.4) is 0 Å². The Hall–Kier alpha value is -1.35. The van der Waals surface area contributed by atoms with Gasteiger partial charge < -0.3 is 9.80 Å². The Morgan fingerprint density at radius 2 is 1.94 bits per heavy atom. The first-order valence-corrected chi connectivity index (χ1v) is 5.54. The summed E-state index contributed by atoms with van der Waals surface area (Å²) in [6.45, 7) is 1.01. The van der Waals surface area contributed by atoms with Crippen molar-refractivity contribution in [2.45, 2.75) is 12.8 Å². The number of carbonyl (C=O) groups excluding carboxylic acids is 1. The van der Waals surface area contributed by atoms with Crippen molar-refractivity contribution in [3.8, 4) is 0 Å². The van der Waals surface area contributed by atoms with Gasteiger partial charge in [0, 0.05) is 18.5 Å². The zero-order valence-corrected chi connectivity index (χ0v) is 10.3. The minimum Gasteiger partial charge on any atom is -0.331 e. The van der Waals surface area contributed by atoms with E-state index in [-0.39, 0.29) is 5.91 Å². The maximum absolute atomic E-state index is 11.6. The maximum Gasteiger partial charge on any atom is 0.224 e. The smallest absolute Gasteiger partial charge is 0.224 e. The Bertz CT molecular complexity index is 328. The summed E-state index contributed by atoms with van der Waals surface area (Å²) >= 11 is 0. The Balaban J connectivity index is 2.27. The first-order chi connectivity index (χ1) is 7.47. The molecular weight excluding hydrogens is 200 g/mol. The lowest BCUT2D eigenvalue weighted by Gasteiger charge is -2.23. The molecule has 0 atom stereocenters. The Morgan fingerprint density at radius 3 is 2.50 bits per heavy atom. The molecule has 3 heteroatoms. The Labute approximate surface area is 97.7 Å². The number of quaternary nitrogens is 1. The van der Waals surface area contributed by atoms with E-state index in [0.717, 1.165) is 23.1 Å². The Morgan fingerprint density at radius 1 is 1.31 bits per heavy atom. The number of amides is 1. The van der Waals surface area contributed by atoms with Crippen LogP contribution < -0.4 is 5.32 Å². The van der Waals surface area contributed by atoms with Crippen LogP contribution in [-0.2, 0) is 4.79 Å². The number of anilines is 1. The first-order valence-electron chi connectivity index (χ1n) is 5.54. The van der Waals surface area contributed by atoms with Gasteiger partial charge in [0.15, 0.2) is 0 Å². The summed E-state index contributed by atoms with van der Waals surface area (Å²) in [5.41, 5.74) is 0.842. The van der Waals surface area contributed by atoms with Gasteiger partial charge in [-0.2, -0.15) is 0 Å². The third-order valence-corrected chi connectivity index (χ3v) is 2.23. The summed E-state index contributed by atoms with van der Waals surface area (Å²) in [6, 6.07) is 10.2. The zero-order chi connectivity index (χ0) is 12.0. The van der Waals surface area contributed by atoms with Crippen molar-refractivity contribution in [3.63, 3.8) is 0 Å². The van der Waals surface area contributed by atoms with Crippen molar-refractivity contribution in [1.82, 2.24) is 0 Å².